The lowest BCUT2D eigenvalue weighted by Crippen LogP contribution is -2.58. The van der Waals surface area contributed by atoms with E-state index in [2.05, 4.69) is 68.2 Å². The number of esters is 1. The average Bonchev–Trinajstić information content (AvgIpc) is 1.63. The van der Waals surface area contributed by atoms with Crippen molar-refractivity contribution in [2.24, 2.45) is 29.4 Å². The zero-order valence-corrected chi connectivity index (χ0v) is 76.6. The number of allylic oxidation sites excluding steroid dienone is 5. The molecule has 36 nitrogen and oxygen atoms in total. The van der Waals surface area contributed by atoms with Crippen LogP contribution in [0.15, 0.2) is 120 Å². The van der Waals surface area contributed by atoms with Crippen LogP contribution in [-0.2, 0) is 78.4 Å². The van der Waals surface area contributed by atoms with Crippen molar-refractivity contribution in [3.63, 3.8) is 0 Å². The summed E-state index contributed by atoms with van der Waals surface area (Å²) in [7, 11) is 3.15. The number of piperidine rings is 1. The molecule has 15 atom stereocenters. The molecule has 2 bridgehead atoms. The van der Waals surface area contributed by atoms with E-state index in [-0.39, 0.29) is 85.6 Å². The number of nitrogens with one attached hydrogen (secondary N) is 1. The number of fused-ring (bicyclic) bond motifs is 6. The minimum Gasteiger partial charge on any atom is -0.465 e. The number of cyclic esters (lactones) is 1. The molecule has 37 heteroatoms. The van der Waals surface area contributed by atoms with Gasteiger partial charge in [0.25, 0.3) is 28.8 Å². The number of nitrogen functional groups attached to an aromatic ring is 2. The third kappa shape index (κ3) is 24.0. The van der Waals surface area contributed by atoms with Crippen LogP contribution in [0.1, 0.15) is 157 Å². The highest BCUT2D eigenvalue weighted by atomic mass is 32.1. The molecule has 11 N–H and O–H groups in total. The SMILES string of the molecule is CO[C@H]1C[C@@H]2CCC[C@@](O)(O2)C(=O)C(=O)N2CCCC[C@H]2C(=O)O[C@H]([C@H](N)C[C@@H]2CC[C@@H](OC(=S)NCc3cnc(N4CCN(C(=O)CCOCCN5CCN(c6ncc(C(=O)N7CCc8cc(Cn9nc(-c%10ccc%11oc(N)nc%11c%10)c%10c(N)ncnc%109)ccc8C7)cn6)CC5)CC4)nc3)[C@H](OC)C2)C[C@@H](O)[C@H](C)/C=C(\C)[C@@H](O)[C@@H](O)C(=O)[C@H](C)C[C@H](C)/C=C/C=C/C=C/1C. The Balaban J connectivity index is 0.493. The Morgan fingerprint density at radius 2 is 1.49 bits per heavy atom. The molecule has 5 fully saturated rings. The summed E-state index contributed by atoms with van der Waals surface area (Å²) < 4.78 is 44.0. The molecule has 131 heavy (non-hydrogen) atoms. The fourth-order valence-corrected chi connectivity index (χ4v) is 19.1. The number of benzene rings is 2. The normalized spacial score (nSPS) is 28.0. The van der Waals surface area contributed by atoms with Crippen LogP contribution >= 0.6 is 12.2 Å². The van der Waals surface area contributed by atoms with Gasteiger partial charge in [0.1, 0.15) is 53.8 Å². The maximum atomic E-state index is 14.7. The van der Waals surface area contributed by atoms with Crippen molar-refractivity contribution < 1.29 is 82.0 Å². The molecule has 3 amide bonds. The largest absolute Gasteiger partial charge is 0.465 e. The van der Waals surface area contributed by atoms with Crippen molar-refractivity contribution in [3.05, 3.63) is 143 Å². The van der Waals surface area contributed by atoms with Gasteiger partial charge in [-0.1, -0.05) is 75.4 Å². The van der Waals surface area contributed by atoms with Crippen molar-refractivity contribution in [1.82, 2.24) is 69.6 Å². The second-order valence-corrected chi connectivity index (χ2v) is 36.4. The summed E-state index contributed by atoms with van der Waals surface area (Å²) in [5, 5.41) is 55.5. The molecule has 7 aromatic rings. The Hall–Kier alpha value is -10.7. The zero-order chi connectivity index (χ0) is 92.7. The van der Waals surface area contributed by atoms with E-state index in [1.54, 1.807) is 71.9 Å². The summed E-state index contributed by atoms with van der Waals surface area (Å²) in [6, 6.07) is 9.79. The smallest absolute Gasteiger partial charge is 0.329 e. The van der Waals surface area contributed by atoms with Crippen molar-refractivity contribution in [1.29, 1.82) is 0 Å². The third-order valence-corrected chi connectivity index (χ3v) is 26.9. The number of oxazole rings is 1. The summed E-state index contributed by atoms with van der Waals surface area (Å²) in [4.78, 5) is 127. The number of hydrogen-bond acceptors (Lipinski definition) is 32. The predicted octanol–water partition coefficient (Wildman–Crippen LogP) is 6.68. The Morgan fingerprint density at radius 1 is 0.740 bits per heavy atom. The minimum atomic E-state index is -2.46. The van der Waals surface area contributed by atoms with Gasteiger partial charge in [-0.15, -0.1) is 0 Å². The second kappa shape index (κ2) is 44.2. The molecule has 1 aliphatic carbocycles. The number of aliphatic hydroxyl groups excluding tert-OH is 3. The quantitative estimate of drug-likeness (QED) is 0.0130. The van der Waals surface area contributed by atoms with Crippen LogP contribution in [0.5, 0.6) is 0 Å². The number of rotatable bonds is 20. The monoisotopic (exact) mass is 1820 g/mol. The van der Waals surface area contributed by atoms with Crippen LogP contribution in [0.2, 0.25) is 0 Å². The molecule has 6 aliphatic heterocycles. The third-order valence-electron chi connectivity index (χ3n) is 26.6. The molecule has 14 rings (SSSR count). The number of anilines is 4. The number of carbonyl (C=O) groups is 6. The Morgan fingerprint density at radius 3 is 2.24 bits per heavy atom. The lowest BCUT2D eigenvalue weighted by atomic mass is 9.80. The standard InChI is InChI=1S/C94H125N19O17S/c1-56-14-9-8-10-15-57(2)75(124-6)46-68-16-13-26-94(123,130-68)84(119)88(121)112-27-12-11-17-71(112)89(122)127-76(47-72(114)58(3)41-60(5)82(117)83(118)81(116)59(4)40-56)69(95)43-61-19-22-74(77(44-61)125-7)129-93(131)102-50-63-48-98-91(99-49-63)110-35-33-108(34-36-110)78(115)25-38-126-39-37-107-29-31-109(32-30-107)92-100-51-67(52-101-92)87(120)111-28-24-64-42-62(18-20-66(64)54-111)53-113-86-79(85(96)103-55-104-86)80(106-113)65-21-23-73-70(45-65)105-90(97)128-73/h8-10,14-15,18,20-21,23,41-42,45,48-49,51-52,55-56,58-59,61,68-69,71-72,74-77,82-83,114,117-118,123H,11-13,16-17,19,22,24-40,43-44,46-47,50,53-54,95H2,1-7H3,(H2,97,105)(H,102,131)(H2,96,103,104)/b10-8+,14-9+,57-15+,60-41+/t56-,58-,59-,61+,68+,69-,71+,72-,74-,75+,76+,77-,82-,83+,94-/m1/s1. The first-order valence-corrected chi connectivity index (χ1v) is 46.2. The highest BCUT2D eigenvalue weighted by Crippen LogP contribution is 2.38. The fraction of sp³-hybridized carbons (Fsp3) is 0.564. The molecular weight excluding hydrogens is 1700 g/mol. The molecule has 4 saturated heterocycles. The summed E-state index contributed by atoms with van der Waals surface area (Å²) >= 11 is 5.72. The van der Waals surface area contributed by atoms with E-state index in [1.165, 1.54) is 6.33 Å². The summed E-state index contributed by atoms with van der Waals surface area (Å²) in [5.74, 6) is -6.23. The predicted molar refractivity (Wildman–Crippen MR) is 492 cm³/mol. The van der Waals surface area contributed by atoms with Crippen LogP contribution in [-0.4, -0.2) is 291 Å². The number of aromatic nitrogens is 9. The van der Waals surface area contributed by atoms with Crippen molar-refractivity contribution in [2.45, 2.75) is 217 Å². The first-order chi connectivity index (χ1) is 63.1. The van der Waals surface area contributed by atoms with Gasteiger partial charge in [-0.2, -0.15) is 10.1 Å². The average molecular weight is 1830 g/mol. The van der Waals surface area contributed by atoms with E-state index in [0.29, 0.717) is 194 Å². The molecule has 0 spiro atoms. The second-order valence-electron chi connectivity index (χ2n) is 36.0. The van der Waals surface area contributed by atoms with E-state index in [4.69, 9.17) is 67.4 Å². The number of Topliss-reactive ketones (excluding diaryl/α,β-unsaturated/α-hetero) is 2. The van der Waals surface area contributed by atoms with E-state index in [1.807, 2.05) is 75.7 Å². The molecule has 704 valence electrons. The number of piperazine rings is 2. The molecule has 11 heterocycles. The maximum Gasteiger partial charge on any atom is 0.329 e. The molecule has 2 aromatic carbocycles. The summed E-state index contributed by atoms with van der Waals surface area (Å²) in [5.41, 5.74) is 28.1. The molecule has 0 radical (unpaired) electrons. The Bertz CT molecular complexity index is 5290. The van der Waals surface area contributed by atoms with Crippen LogP contribution in [0.25, 0.3) is 33.4 Å². The summed E-state index contributed by atoms with van der Waals surface area (Å²) in [6.45, 7) is 17.2. The fourth-order valence-electron chi connectivity index (χ4n) is 18.9. The van der Waals surface area contributed by atoms with E-state index in [0.717, 1.165) is 51.4 Å². The summed E-state index contributed by atoms with van der Waals surface area (Å²) in [6.07, 6.45) is 16.6. The highest BCUT2D eigenvalue weighted by Gasteiger charge is 2.50. The number of aliphatic hydroxyl groups is 4. The minimum absolute atomic E-state index is 0.0264. The Kier molecular flexibility index (Phi) is 32.5. The topological polar surface area (TPSA) is 469 Å². The molecule has 1 saturated carbocycles. The number of amides is 3. The number of carbonyl (C=O) groups excluding carboxylic acids is 6. The molecule has 5 aromatic heterocycles. The van der Waals surface area contributed by atoms with E-state index >= 15 is 0 Å². The van der Waals surface area contributed by atoms with E-state index in [9.17, 15) is 49.2 Å². The molecule has 7 aliphatic rings. The van der Waals surface area contributed by atoms with Gasteiger partial charge in [-0.25, -0.2) is 39.4 Å². The van der Waals surface area contributed by atoms with Gasteiger partial charge in [0.05, 0.1) is 61.5 Å². The van der Waals surface area contributed by atoms with Gasteiger partial charge in [0, 0.05) is 172 Å². The number of ether oxygens (including phenoxy) is 6. The lowest BCUT2D eigenvalue weighted by Gasteiger charge is -2.40. The first-order valence-electron chi connectivity index (χ1n) is 45.8. The molecule has 0 unspecified atom stereocenters. The van der Waals surface area contributed by atoms with Gasteiger partial charge in [0.2, 0.25) is 23.6 Å². The number of hydrogen-bond donors (Lipinski definition) is 8. The first kappa shape index (κ1) is 96.3. The Labute approximate surface area is 767 Å². The number of nitrogens with two attached hydrogens (primary N) is 3. The molecular formula is C94H125N19O17S. The highest BCUT2D eigenvalue weighted by molar-refractivity contribution is 7.80. The van der Waals surface area contributed by atoms with Crippen LogP contribution in [0, 0.1) is 23.7 Å². The van der Waals surface area contributed by atoms with Crippen LogP contribution in [0.4, 0.5) is 23.7 Å². The number of thiocarbonyl (C=S) groups is 1. The van der Waals surface area contributed by atoms with Crippen molar-refractivity contribution in [2.75, 3.05) is 121 Å². The van der Waals surface area contributed by atoms with Crippen LogP contribution in [0.3, 0.4) is 0 Å². The number of ketones is 2. The van der Waals surface area contributed by atoms with Crippen molar-refractivity contribution >= 4 is 98.5 Å². The van der Waals surface area contributed by atoms with Gasteiger partial charge in [-0.05, 0) is 155 Å². The lowest BCUT2D eigenvalue weighted by molar-refractivity contribution is -0.245. The zero-order valence-electron chi connectivity index (χ0n) is 75.8. The number of nitrogens with zero attached hydrogens (tertiary/aromatic N) is 15. The van der Waals surface area contributed by atoms with Gasteiger partial charge in [0.15, 0.2) is 17.0 Å². The maximum absolute atomic E-state index is 14.7. The van der Waals surface area contributed by atoms with E-state index < -0.39 is 102 Å². The number of methoxy groups -OCH3 is 2. The van der Waals surface area contributed by atoms with Crippen molar-refractivity contribution in [3.8, 4) is 11.3 Å². The van der Waals surface area contributed by atoms with Gasteiger partial charge >= 0.3 is 5.97 Å². The van der Waals surface area contributed by atoms with Gasteiger partial charge in [-0.3, -0.25) is 28.9 Å². The van der Waals surface area contributed by atoms with Gasteiger partial charge < -0.3 is 100 Å². The van der Waals surface area contributed by atoms with Crippen LogP contribution < -0.4 is 32.3 Å².